The van der Waals surface area contributed by atoms with E-state index in [1.807, 2.05) is 30.3 Å². The molecular weight excluding hydrogens is 242 g/mol. The molecule has 4 nitrogen and oxygen atoms in total. The van der Waals surface area contributed by atoms with Crippen molar-refractivity contribution in [1.29, 1.82) is 0 Å². The lowest BCUT2D eigenvalue weighted by Crippen LogP contribution is -2.07. The predicted octanol–water partition coefficient (Wildman–Crippen LogP) is 2.13. The highest BCUT2D eigenvalue weighted by molar-refractivity contribution is 5.45. The standard InChI is InChI=1S/C15H15NO3/c17-9-13(7-11-3-5-16-6-4-11)12-1-2-14-15(8-12)19-10-18-14/h1-6,8,13,17H,7,9-10H2. The summed E-state index contributed by atoms with van der Waals surface area (Å²) in [5.74, 6) is 1.58. The molecule has 1 atom stereocenters. The third-order valence-electron chi connectivity index (χ3n) is 3.32. The van der Waals surface area contributed by atoms with Gasteiger partial charge in [-0.1, -0.05) is 6.07 Å². The van der Waals surface area contributed by atoms with Crippen LogP contribution in [-0.4, -0.2) is 23.5 Å². The fraction of sp³-hybridized carbons (Fsp3) is 0.267. The van der Waals surface area contributed by atoms with Crippen molar-refractivity contribution < 1.29 is 14.6 Å². The van der Waals surface area contributed by atoms with Crippen molar-refractivity contribution in [3.63, 3.8) is 0 Å². The van der Waals surface area contributed by atoms with Gasteiger partial charge in [0.2, 0.25) is 6.79 Å². The van der Waals surface area contributed by atoms with E-state index in [1.165, 1.54) is 0 Å². The zero-order valence-corrected chi connectivity index (χ0v) is 10.5. The van der Waals surface area contributed by atoms with Crippen molar-refractivity contribution >= 4 is 0 Å². The molecule has 0 spiro atoms. The van der Waals surface area contributed by atoms with Crippen LogP contribution >= 0.6 is 0 Å². The van der Waals surface area contributed by atoms with Crippen LogP contribution in [0.5, 0.6) is 11.5 Å². The van der Waals surface area contributed by atoms with Gasteiger partial charge >= 0.3 is 0 Å². The molecule has 0 aliphatic carbocycles. The van der Waals surface area contributed by atoms with Gasteiger partial charge in [0.15, 0.2) is 11.5 Å². The fourth-order valence-corrected chi connectivity index (χ4v) is 2.26. The van der Waals surface area contributed by atoms with E-state index < -0.39 is 0 Å². The average Bonchev–Trinajstić information content (AvgIpc) is 2.93. The van der Waals surface area contributed by atoms with Gasteiger partial charge in [0.05, 0.1) is 6.61 Å². The number of aromatic nitrogens is 1. The fourth-order valence-electron chi connectivity index (χ4n) is 2.26. The van der Waals surface area contributed by atoms with Gasteiger partial charge in [0.1, 0.15) is 0 Å². The van der Waals surface area contributed by atoms with Crippen LogP contribution in [-0.2, 0) is 6.42 Å². The molecule has 1 aromatic heterocycles. The van der Waals surface area contributed by atoms with Crippen LogP contribution in [0, 0.1) is 0 Å². The minimum atomic E-state index is 0.0527. The number of benzene rings is 1. The largest absolute Gasteiger partial charge is 0.454 e. The molecule has 1 aliphatic rings. The summed E-state index contributed by atoms with van der Waals surface area (Å²) in [7, 11) is 0. The third-order valence-corrected chi connectivity index (χ3v) is 3.32. The Morgan fingerprint density at radius 2 is 1.89 bits per heavy atom. The summed E-state index contributed by atoms with van der Waals surface area (Å²) in [6.45, 7) is 0.370. The summed E-state index contributed by atoms with van der Waals surface area (Å²) in [6, 6.07) is 9.76. The summed E-state index contributed by atoms with van der Waals surface area (Å²) in [4.78, 5) is 4.00. The van der Waals surface area contributed by atoms with Crippen LogP contribution in [0.3, 0.4) is 0 Å². The van der Waals surface area contributed by atoms with E-state index in [0.717, 1.165) is 29.0 Å². The van der Waals surface area contributed by atoms with Gasteiger partial charge in [0.25, 0.3) is 0 Å². The number of hydrogen-bond acceptors (Lipinski definition) is 4. The summed E-state index contributed by atoms with van der Waals surface area (Å²) in [5, 5.41) is 9.60. The van der Waals surface area contributed by atoms with Crippen molar-refractivity contribution in [3.8, 4) is 11.5 Å². The van der Waals surface area contributed by atoms with Crippen molar-refractivity contribution in [1.82, 2.24) is 4.98 Å². The lowest BCUT2D eigenvalue weighted by molar-refractivity contribution is 0.174. The van der Waals surface area contributed by atoms with Crippen LogP contribution in [0.2, 0.25) is 0 Å². The molecule has 2 aromatic rings. The number of ether oxygens (including phenoxy) is 2. The topological polar surface area (TPSA) is 51.6 Å². The smallest absolute Gasteiger partial charge is 0.231 e. The van der Waals surface area contributed by atoms with Gasteiger partial charge in [0, 0.05) is 18.3 Å². The van der Waals surface area contributed by atoms with Crippen molar-refractivity contribution in [2.24, 2.45) is 0 Å². The molecule has 2 heterocycles. The third kappa shape index (κ3) is 2.53. The van der Waals surface area contributed by atoms with E-state index >= 15 is 0 Å². The minimum absolute atomic E-state index is 0.0527. The lowest BCUT2D eigenvalue weighted by Gasteiger charge is -2.15. The number of rotatable bonds is 4. The van der Waals surface area contributed by atoms with Gasteiger partial charge in [-0.05, 0) is 41.8 Å². The molecule has 1 unspecified atom stereocenters. The van der Waals surface area contributed by atoms with E-state index in [-0.39, 0.29) is 19.3 Å². The monoisotopic (exact) mass is 257 g/mol. The first-order valence-corrected chi connectivity index (χ1v) is 6.26. The number of aliphatic hydroxyl groups excluding tert-OH is 1. The van der Waals surface area contributed by atoms with E-state index in [0.29, 0.717) is 0 Å². The second-order valence-corrected chi connectivity index (χ2v) is 4.55. The number of fused-ring (bicyclic) bond motifs is 1. The van der Waals surface area contributed by atoms with Crippen LogP contribution in [0.15, 0.2) is 42.7 Å². The zero-order chi connectivity index (χ0) is 13.1. The Bertz CT molecular complexity index is 557. The second kappa shape index (κ2) is 5.28. The molecule has 3 rings (SSSR count). The molecule has 0 fully saturated rings. The van der Waals surface area contributed by atoms with Gasteiger partial charge < -0.3 is 14.6 Å². The van der Waals surface area contributed by atoms with Crippen molar-refractivity contribution in [2.45, 2.75) is 12.3 Å². The van der Waals surface area contributed by atoms with Gasteiger partial charge in [-0.25, -0.2) is 0 Å². The molecule has 1 aliphatic heterocycles. The SMILES string of the molecule is OCC(Cc1ccncc1)c1ccc2c(c1)OCO2. The molecule has 0 amide bonds. The first kappa shape index (κ1) is 12.0. The van der Waals surface area contributed by atoms with Crippen LogP contribution in [0.25, 0.3) is 0 Å². The van der Waals surface area contributed by atoms with Gasteiger partial charge in [-0.15, -0.1) is 0 Å². The first-order valence-electron chi connectivity index (χ1n) is 6.26. The van der Waals surface area contributed by atoms with Crippen molar-refractivity contribution in [3.05, 3.63) is 53.9 Å². The zero-order valence-electron chi connectivity index (χ0n) is 10.5. The Hall–Kier alpha value is -2.07. The van der Waals surface area contributed by atoms with Crippen LogP contribution in [0.4, 0.5) is 0 Å². The molecule has 98 valence electrons. The Kier molecular flexibility index (Phi) is 3.33. The summed E-state index contributed by atoms with van der Waals surface area (Å²) in [6.07, 6.45) is 4.31. The molecular formula is C15H15NO3. The molecule has 0 saturated heterocycles. The van der Waals surface area contributed by atoms with E-state index in [2.05, 4.69) is 4.98 Å². The van der Waals surface area contributed by atoms with Gasteiger partial charge in [-0.3, -0.25) is 4.98 Å². The maximum absolute atomic E-state index is 9.60. The quantitative estimate of drug-likeness (QED) is 0.911. The predicted molar refractivity (Wildman–Crippen MR) is 70.3 cm³/mol. The molecule has 19 heavy (non-hydrogen) atoms. The van der Waals surface area contributed by atoms with E-state index in [9.17, 15) is 5.11 Å². The highest BCUT2D eigenvalue weighted by Gasteiger charge is 2.17. The van der Waals surface area contributed by atoms with E-state index in [4.69, 9.17) is 9.47 Å². The Morgan fingerprint density at radius 1 is 1.11 bits per heavy atom. The van der Waals surface area contributed by atoms with Crippen LogP contribution in [0.1, 0.15) is 17.0 Å². The molecule has 0 saturated carbocycles. The lowest BCUT2D eigenvalue weighted by atomic mass is 9.93. The maximum atomic E-state index is 9.60. The number of pyridine rings is 1. The number of aliphatic hydroxyl groups is 1. The normalized spacial score (nSPS) is 14.4. The minimum Gasteiger partial charge on any atom is -0.454 e. The number of hydrogen-bond donors (Lipinski definition) is 1. The van der Waals surface area contributed by atoms with E-state index in [1.54, 1.807) is 12.4 Å². The highest BCUT2D eigenvalue weighted by Crippen LogP contribution is 2.35. The van der Waals surface area contributed by atoms with Crippen LogP contribution < -0.4 is 9.47 Å². The molecule has 1 N–H and O–H groups in total. The van der Waals surface area contributed by atoms with Gasteiger partial charge in [-0.2, -0.15) is 0 Å². The molecule has 0 radical (unpaired) electrons. The molecule has 4 heteroatoms. The Morgan fingerprint density at radius 3 is 2.68 bits per heavy atom. The summed E-state index contributed by atoms with van der Waals surface area (Å²) >= 11 is 0. The first-order chi connectivity index (χ1) is 9.36. The maximum Gasteiger partial charge on any atom is 0.231 e. The van der Waals surface area contributed by atoms with Crippen molar-refractivity contribution in [2.75, 3.05) is 13.4 Å². The second-order valence-electron chi connectivity index (χ2n) is 4.55. The highest BCUT2D eigenvalue weighted by atomic mass is 16.7. The Balaban J connectivity index is 1.82. The molecule has 0 bridgehead atoms. The number of nitrogens with zero attached hydrogens (tertiary/aromatic N) is 1. The molecule has 1 aromatic carbocycles. The average molecular weight is 257 g/mol. The summed E-state index contributed by atoms with van der Waals surface area (Å²) < 4.78 is 10.7. The Labute approximate surface area is 111 Å². The summed E-state index contributed by atoms with van der Waals surface area (Å²) in [5.41, 5.74) is 2.22.